The predicted octanol–water partition coefficient (Wildman–Crippen LogP) is 4.54. The van der Waals surface area contributed by atoms with Gasteiger partial charge in [-0.15, -0.1) is 0 Å². The molecule has 144 valence electrons. The zero-order valence-electron chi connectivity index (χ0n) is 15.9. The fourth-order valence-electron chi connectivity index (χ4n) is 2.99. The van der Waals surface area contributed by atoms with Crippen molar-refractivity contribution in [3.05, 3.63) is 42.2 Å². The Kier molecular flexibility index (Phi) is 5.54. The Bertz CT molecular complexity index is 788. The topological polar surface area (TPSA) is 69.0 Å². The number of benzene rings is 1. The van der Waals surface area contributed by atoms with Crippen LogP contribution in [0, 0.1) is 0 Å². The zero-order chi connectivity index (χ0) is 19.4. The second-order valence-electron chi connectivity index (χ2n) is 7.65. The van der Waals surface area contributed by atoms with Crippen molar-refractivity contribution in [3.8, 4) is 17.1 Å². The summed E-state index contributed by atoms with van der Waals surface area (Å²) in [4.78, 5) is 24.7. The summed E-state index contributed by atoms with van der Waals surface area (Å²) in [6.07, 6.45) is 2.09. The highest BCUT2D eigenvalue weighted by molar-refractivity contribution is 5.72. The van der Waals surface area contributed by atoms with Gasteiger partial charge in [-0.3, -0.25) is 4.79 Å². The minimum Gasteiger partial charge on any atom is -0.489 e. The third-order valence-electron chi connectivity index (χ3n) is 4.21. The Hall–Kier alpha value is -2.76. The van der Waals surface area contributed by atoms with Gasteiger partial charge < -0.3 is 18.8 Å². The molecule has 2 heterocycles. The molecule has 1 fully saturated rings. The Morgan fingerprint density at radius 1 is 1.19 bits per heavy atom. The Morgan fingerprint density at radius 2 is 1.93 bits per heavy atom. The van der Waals surface area contributed by atoms with E-state index in [0.29, 0.717) is 30.9 Å². The average molecular weight is 371 g/mol. The normalized spacial score (nSPS) is 17.4. The van der Waals surface area contributed by atoms with E-state index < -0.39 is 5.60 Å². The van der Waals surface area contributed by atoms with Crippen LogP contribution >= 0.6 is 0 Å². The number of piperidine rings is 1. The van der Waals surface area contributed by atoms with Crippen molar-refractivity contribution < 1.29 is 23.5 Å². The number of rotatable bonds is 4. The lowest BCUT2D eigenvalue weighted by Gasteiger charge is -2.34. The van der Waals surface area contributed by atoms with Crippen LogP contribution in [0.25, 0.3) is 11.3 Å². The third-order valence-corrected chi connectivity index (χ3v) is 4.21. The predicted molar refractivity (Wildman–Crippen MR) is 101 cm³/mol. The molecule has 1 aliphatic heterocycles. The summed E-state index contributed by atoms with van der Waals surface area (Å²) < 4.78 is 16.9. The number of carbonyl (C=O) groups excluding carboxylic acids is 2. The molecule has 3 rings (SSSR count). The van der Waals surface area contributed by atoms with Crippen LogP contribution in [-0.4, -0.2) is 42.1 Å². The molecule has 2 aromatic rings. The number of ether oxygens (including phenoxy) is 2. The van der Waals surface area contributed by atoms with Crippen molar-refractivity contribution in [2.45, 2.75) is 45.3 Å². The summed E-state index contributed by atoms with van der Waals surface area (Å²) in [7, 11) is 0. The molecule has 27 heavy (non-hydrogen) atoms. The number of carbonyl (C=O) groups is 2. The van der Waals surface area contributed by atoms with Crippen LogP contribution in [0.1, 0.15) is 44.2 Å². The van der Waals surface area contributed by atoms with Gasteiger partial charge in [-0.1, -0.05) is 0 Å². The number of hydrogen-bond acceptors (Lipinski definition) is 5. The van der Waals surface area contributed by atoms with Crippen molar-refractivity contribution in [2.75, 3.05) is 13.1 Å². The first-order valence-electron chi connectivity index (χ1n) is 9.14. The first kappa shape index (κ1) is 19.0. The zero-order valence-corrected chi connectivity index (χ0v) is 15.9. The Labute approximate surface area is 159 Å². The van der Waals surface area contributed by atoms with Crippen LogP contribution < -0.4 is 4.74 Å². The van der Waals surface area contributed by atoms with Crippen LogP contribution in [-0.2, 0) is 4.74 Å². The minimum atomic E-state index is -0.504. The highest BCUT2D eigenvalue weighted by Crippen LogP contribution is 2.26. The van der Waals surface area contributed by atoms with Crippen molar-refractivity contribution in [2.24, 2.45) is 0 Å². The Morgan fingerprint density at radius 3 is 2.56 bits per heavy atom. The Balaban J connectivity index is 1.59. The maximum Gasteiger partial charge on any atom is 0.410 e. The van der Waals surface area contributed by atoms with Crippen molar-refractivity contribution in [1.29, 1.82) is 0 Å². The first-order valence-corrected chi connectivity index (χ1v) is 9.14. The molecule has 6 heteroatoms. The van der Waals surface area contributed by atoms with Crippen LogP contribution in [0.15, 0.2) is 40.8 Å². The summed E-state index contributed by atoms with van der Waals surface area (Å²) in [5, 5.41) is 0. The monoisotopic (exact) mass is 371 g/mol. The quantitative estimate of drug-likeness (QED) is 0.738. The molecule has 1 aliphatic rings. The molecular weight excluding hydrogens is 346 g/mol. The number of aldehydes is 1. The van der Waals surface area contributed by atoms with E-state index in [9.17, 15) is 9.59 Å². The summed E-state index contributed by atoms with van der Waals surface area (Å²) >= 11 is 0. The van der Waals surface area contributed by atoms with Gasteiger partial charge in [-0.05, 0) is 70.0 Å². The highest BCUT2D eigenvalue weighted by Gasteiger charge is 2.28. The molecule has 1 amide bonds. The van der Waals surface area contributed by atoms with Crippen LogP contribution in [0.5, 0.6) is 5.75 Å². The SMILES string of the molecule is CC(C)(C)OC(=O)N1CCCC(Oc2ccc(-c3ccc(C=O)o3)cc2)C1. The molecule has 1 aromatic heterocycles. The van der Waals surface area contributed by atoms with Gasteiger partial charge in [0, 0.05) is 12.1 Å². The summed E-state index contributed by atoms with van der Waals surface area (Å²) in [5.74, 6) is 1.67. The molecule has 1 aromatic carbocycles. The van der Waals surface area contributed by atoms with Gasteiger partial charge in [0.2, 0.25) is 0 Å². The van der Waals surface area contributed by atoms with Crippen LogP contribution in [0.2, 0.25) is 0 Å². The van der Waals surface area contributed by atoms with E-state index in [1.807, 2.05) is 45.0 Å². The van der Waals surface area contributed by atoms with Gasteiger partial charge in [0.1, 0.15) is 23.2 Å². The van der Waals surface area contributed by atoms with E-state index in [1.54, 1.807) is 17.0 Å². The van der Waals surface area contributed by atoms with E-state index in [2.05, 4.69) is 0 Å². The lowest BCUT2D eigenvalue weighted by molar-refractivity contribution is 0.00776. The molecule has 1 saturated heterocycles. The molecular formula is C21H25NO5. The van der Waals surface area contributed by atoms with E-state index in [0.717, 1.165) is 24.2 Å². The first-order chi connectivity index (χ1) is 12.8. The van der Waals surface area contributed by atoms with Gasteiger partial charge in [0.05, 0.1) is 6.54 Å². The lowest BCUT2D eigenvalue weighted by Crippen LogP contribution is -2.46. The largest absolute Gasteiger partial charge is 0.489 e. The van der Waals surface area contributed by atoms with Crippen molar-refractivity contribution in [3.63, 3.8) is 0 Å². The molecule has 1 atom stereocenters. The molecule has 6 nitrogen and oxygen atoms in total. The molecule has 0 radical (unpaired) electrons. The molecule has 0 saturated carbocycles. The van der Waals surface area contributed by atoms with Gasteiger partial charge >= 0.3 is 6.09 Å². The van der Waals surface area contributed by atoms with Crippen LogP contribution in [0.4, 0.5) is 4.79 Å². The van der Waals surface area contributed by atoms with Gasteiger partial charge in [-0.2, -0.15) is 0 Å². The fraction of sp³-hybridized carbons (Fsp3) is 0.429. The van der Waals surface area contributed by atoms with Crippen molar-refractivity contribution in [1.82, 2.24) is 4.90 Å². The van der Waals surface area contributed by atoms with E-state index in [-0.39, 0.29) is 12.2 Å². The highest BCUT2D eigenvalue weighted by atomic mass is 16.6. The van der Waals surface area contributed by atoms with E-state index >= 15 is 0 Å². The fourth-order valence-corrected chi connectivity index (χ4v) is 2.99. The third kappa shape index (κ3) is 5.12. The molecule has 0 bridgehead atoms. The average Bonchev–Trinajstić information content (AvgIpc) is 3.10. The van der Waals surface area contributed by atoms with Crippen LogP contribution in [0.3, 0.4) is 0 Å². The second kappa shape index (κ2) is 7.86. The number of nitrogens with zero attached hydrogens (tertiary/aromatic N) is 1. The molecule has 0 aliphatic carbocycles. The van der Waals surface area contributed by atoms with Gasteiger partial charge in [-0.25, -0.2) is 4.79 Å². The summed E-state index contributed by atoms with van der Waals surface area (Å²) in [6.45, 7) is 6.78. The second-order valence-corrected chi connectivity index (χ2v) is 7.65. The smallest absolute Gasteiger partial charge is 0.410 e. The number of hydrogen-bond donors (Lipinski definition) is 0. The van der Waals surface area contributed by atoms with E-state index in [1.165, 1.54) is 0 Å². The number of amides is 1. The summed E-state index contributed by atoms with van der Waals surface area (Å²) in [5.41, 5.74) is 0.366. The number of likely N-dealkylation sites (tertiary alicyclic amines) is 1. The van der Waals surface area contributed by atoms with Gasteiger partial charge in [0.25, 0.3) is 0 Å². The number of furan rings is 1. The molecule has 0 spiro atoms. The van der Waals surface area contributed by atoms with Crippen molar-refractivity contribution >= 4 is 12.4 Å². The maximum absolute atomic E-state index is 12.3. The van der Waals surface area contributed by atoms with Gasteiger partial charge in [0.15, 0.2) is 12.0 Å². The summed E-state index contributed by atoms with van der Waals surface area (Å²) in [6, 6.07) is 10.9. The standard InChI is InChI=1S/C21H25NO5/c1-21(2,3)27-20(24)22-12-4-5-17(13-22)25-16-8-6-15(7-9-16)19-11-10-18(14-23)26-19/h6-11,14,17H,4-5,12-13H2,1-3H3. The van der Waals surface area contributed by atoms with E-state index in [4.69, 9.17) is 13.9 Å². The minimum absolute atomic E-state index is 0.0672. The molecule has 0 N–H and O–H groups in total. The molecule has 1 unspecified atom stereocenters. The lowest BCUT2D eigenvalue weighted by atomic mass is 10.1. The maximum atomic E-state index is 12.3.